The predicted octanol–water partition coefficient (Wildman–Crippen LogP) is 3.46. The van der Waals surface area contributed by atoms with Crippen LogP contribution in [-0.4, -0.2) is 65.1 Å². The quantitative estimate of drug-likeness (QED) is 0.623. The van der Waals surface area contributed by atoms with Crippen LogP contribution in [0, 0.1) is 25.2 Å². The van der Waals surface area contributed by atoms with Crippen LogP contribution in [0.3, 0.4) is 0 Å². The van der Waals surface area contributed by atoms with Gasteiger partial charge in [-0.25, -0.2) is 4.98 Å². The molecule has 1 saturated heterocycles. The van der Waals surface area contributed by atoms with Gasteiger partial charge in [-0.2, -0.15) is 18.4 Å². The molecule has 1 N–H and O–H groups in total. The Balaban J connectivity index is 1.49. The first-order valence-corrected chi connectivity index (χ1v) is 11.5. The van der Waals surface area contributed by atoms with Crippen molar-refractivity contribution in [3.63, 3.8) is 0 Å². The molecule has 1 aliphatic heterocycles. The lowest BCUT2D eigenvalue weighted by atomic mass is 10.1. The van der Waals surface area contributed by atoms with Gasteiger partial charge in [0.05, 0.1) is 29.1 Å². The Morgan fingerprint density at radius 2 is 1.85 bits per heavy atom. The number of halogens is 3. The molecule has 0 unspecified atom stereocenters. The average Bonchev–Trinajstić information content (AvgIpc) is 2.77. The summed E-state index contributed by atoms with van der Waals surface area (Å²) in [6.07, 6.45) is -4.56. The van der Waals surface area contributed by atoms with Crippen LogP contribution < -0.4 is 5.32 Å². The van der Waals surface area contributed by atoms with Gasteiger partial charge < -0.3 is 10.2 Å². The summed E-state index contributed by atoms with van der Waals surface area (Å²) in [6, 6.07) is 8.79. The Labute approximate surface area is 199 Å². The molecule has 2 amide bonds. The Kier molecular flexibility index (Phi) is 8.17. The Hall–Kier alpha value is -3.10. The third-order valence-corrected chi connectivity index (χ3v) is 6.31. The van der Waals surface area contributed by atoms with Gasteiger partial charge in [0.1, 0.15) is 11.1 Å². The van der Waals surface area contributed by atoms with Crippen LogP contribution in [-0.2, 0) is 15.8 Å². The van der Waals surface area contributed by atoms with Crippen molar-refractivity contribution >= 4 is 29.3 Å². The normalized spacial score (nSPS) is 14.5. The van der Waals surface area contributed by atoms with E-state index in [9.17, 15) is 28.0 Å². The first-order chi connectivity index (χ1) is 16.1. The minimum atomic E-state index is -4.56. The molecule has 11 heteroatoms. The molecule has 0 saturated carbocycles. The van der Waals surface area contributed by atoms with Gasteiger partial charge >= 0.3 is 6.18 Å². The predicted molar refractivity (Wildman–Crippen MR) is 122 cm³/mol. The van der Waals surface area contributed by atoms with Crippen LogP contribution in [0.2, 0.25) is 0 Å². The van der Waals surface area contributed by atoms with Crippen LogP contribution in [0.1, 0.15) is 22.4 Å². The highest BCUT2D eigenvalue weighted by atomic mass is 32.2. The van der Waals surface area contributed by atoms with Crippen molar-refractivity contribution in [1.29, 1.82) is 5.26 Å². The van der Waals surface area contributed by atoms with Gasteiger partial charge in [-0.3, -0.25) is 14.5 Å². The highest BCUT2D eigenvalue weighted by molar-refractivity contribution is 8.00. The van der Waals surface area contributed by atoms with Crippen LogP contribution in [0.5, 0.6) is 0 Å². The first-order valence-electron chi connectivity index (χ1n) is 10.6. The minimum Gasteiger partial charge on any atom is -0.339 e. The second-order valence-electron chi connectivity index (χ2n) is 7.91. The van der Waals surface area contributed by atoms with Gasteiger partial charge in [0.15, 0.2) is 0 Å². The highest BCUT2D eigenvalue weighted by Crippen LogP contribution is 2.34. The zero-order valence-electron chi connectivity index (χ0n) is 18.8. The van der Waals surface area contributed by atoms with Crippen LogP contribution in [0.25, 0.3) is 0 Å². The fourth-order valence-corrected chi connectivity index (χ4v) is 4.65. The number of alkyl halides is 3. The summed E-state index contributed by atoms with van der Waals surface area (Å²) in [5.74, 6) is -0.505. The lowest BCUT2D eigenvalue weighted by Gasteiger charge is -2.34. The molecule has 1 aliphatic rings. The molecule has 0 bridgehead atoms. The maximum atomic E-state index is 13.1. The number of pyridine rings is 1. The number of piperazine rings is 1. The second-order valence-corrected chi connectivity index (χ2v) is 8.87. The SMILES string of the molecule is Cc1cc(C)c(C#N)c(SCC(=O)N2CCN(CC(=O)Nc3ccccc3C(F)(F)F)CC2)n1. The van der Waals surface area contributed by atoms with Crippen molar-refractivity contribution in [2.75, 3.05) is 43.8 Å². The third kappa shape index (κ3) is 6.48. The standard InChI is InChI=1S/C23H24F3N5O2S/c1-15-11-16(2)28-22(17(15)12-27)34-14-21(33)31-9-7-30(8-10-31)13-20(32)29-19-6-4-3-5-18(19)23(24,25)26/h3-6,11H,7-10,13-14H2,1-2H3,(H,29,32). The van der Waals surface area contributed by atoms with Gasteiger partial charge in [-0.1, -0.05) is 23.9 Å². The number of carbonyl (C=O) groups excluding carboxylic acids is 2. The number of anilines is 1. The number of thioether (sulfide) groups is 1. The lowest BCUT2D eigenvalue weighted by Crippen LogP contribution is -2.51. The summed E-state index contributed by atoms with van der Waals surface area (Å²) in [6.45, 7) is 5.24. The first kappa shape index (κ1) is 25.5. The van der Waals surface area contributed by atoms with Gasteiger partial charge in [0, 0.05) is 31.9 Å². The van der Waals surface area contributed by atoms with Gasteiger partial charge in [-0.05, 0) is 37.6 Å². The molecule has 0 radical (unpaired) electrons. The lowest BCUT2D eigenvalue weighted by molar-refractivity contribution is -0.137. The minimum absolute atomic E-state index is 0.0685. The zero-order valence-corrected chi connectivity index (χ0v) is 19.6. The van der Waals surface area contributed by atoms with Crippen molar-refractivity contribution in [3.05, 3.63) is 52.7 Å². The number of carbonyl (C=O) groups is 2. The van der Waals surface area contributed by atoms with E-state index in [4.69, 9.17) is 0 Å². The number of nitriles is 1. The summed E-state index contributed by atoms with van der Waals surface area (Å²) in [7, 11) is 0. The number of hydrogen-bond donors (Lipinski definition) is 1. The highest BCUT2D eigenvalue weighted by Gasteiger charge is 2.33. The number of rotatable bonds is 6. The summed E-state index contributed by atoms with van der Waals surface area (Å²) < 4.78 is 39.3. The number of aromatic nitrogens is 1. The molecule has 1 aromatic heterocycles. The molecule has 7 nitrogen and oxygen atoms in total. The Bertz CT molecular complexity index is 1110. The molecular weight excluding hydrogens is 467 g/mol. The summed E-state index contributed by atoms with van der Waals surface area (Å²) in [5, 5.41) is 12.2. The van der Waals surface area contributed by atoms with E-state index in [1.54, 1.807) is 9.80 Å². The zero-order chi connectivity index (χ0) is 24.9. The summed E-state index contributed by atoms with van der Waals surface area (Å²) >= 11 is 1.22. The number of nitrogens with one attached hydrogen (secondary N) is 1. The molecule has 180 valence electrons. The number of para-hydroxylation sites is 1. The monoisotopic (exact) mass is 491 g/mol. The Morgan fingerprint density at radius 3 is 2.50 bits per heavy atom. The molecule has 0 spiro atoms. The number of benzene rings is 1. The van der Waals surface area contributed by atoms with E-state index < -0.39 is 17.6 Å². The average molecular weight is 492 g/mol. The fourth-order valence-electron chi connectivity index (χ4n) is 3.65. The van der Waals surface area contributed by atoms with Crippen LogP contribution >= 0.6 is 11.8 Å². The van der Waals surface area contributed by atoms with Crippen molar-refractivity contribution < 1.29 is 22.8 Å². The third-order valence-electron chi connectivity index (χ3n) is 5.35. The van der Waals surface area contributed by atoms with E-state index >= 15 is 0 Å². The maximum Gasteiger partial charge on any atom is 0.418 e. The van der Waals surface area contributed by atoms with Crippen molar-refractivity contribution in [1.82, 2.24) is 14.8 Å². The van der Waals surface area contributed by atoms with E-state index in [1.165, 1.54) is 30.0 Å². The van der Waals surface area contributed by atoms with E-state index in [2.05, 4.69) is 16.4 Å². The molecule has 34 heavy (non-hydrogen) atoms. The number of aryl methyl sites for hydroxylation is 2. The van der Waals surface area contributed by atoms with Gasteiger partial charge in [0.2, 0.25) is 11.8 Å². The topological polar surface area (TPSA) is 89.3 Å². The molecule has 2 heterocycles. The van der Waals surface area contributed by atoms with Gasteiger partial charge in [0.25, 0.3) is 0 Å². The Morgan fingerprint density at radius 1 is 1.18 bits per heavy atom. The van der Waals surface area contributed by atoms with E-state index in [0.717, 1.165) is 17.3 Å². The number of amides is 2. The molecule has 1 fully saturated rings. The summed E-state index contributed by atoms with van der Waals surface area (Å²) in [5.41, 5.74) is 0.883. The largest absolute Gasteiger partial charge is 0.418 e. The second kappa shape index (κ2) is 10.9. The van der Waals surface area contributed by atoms with E-state index in [-0.39, 0.29) is 23.9 Å². The van der Waals surface area contributed by atoms with Crippen molar-refractivity contribution in [3.8, 4) is 6.07 Å². The molecule has 1 aromatic carbocycles. The van der Waals surface area contributed by atoms with Crippen molar-refractivity contribution in [2.45, 2.75) is 25.0 Å². The molecule has 0 aliphatic carbocycles. The number of nitrogens with zero attached hydrogens (tertiary/aromatic N) is 4. The van der Waals surface area contributed by atoms with E-state index in [0.29, 0.717) is 36.8 Å². The van der Waals surface area contributed by atoms with Crippen LogP contribution in [0.15, 0.2) is 35.4 Å². The molecule has 2 aromatic rings. The fraction of sp³-hybridized carbons (Fsp3) is 0.391. The molecule has 3 rings (SSSR count). The van der Waals surface area contributed by atoms with Gasteiger partial charge in [-0.15, -0.1) is 0 Å². The van der Waals surface area contributed by atoms with Crippen molar-refractivity contribution in [2.24, 2.45) is 0 Å². The molecule has 0 atom stereocenters. The number of hydrogen-bond acceptors (Lipinski definition) is 6. The molecular formula is C23H24F3N5O2S. The smallest absolute Gasteiger partial charge is 0.339 e. The van der Waals surface area contributed by atoms with Crippen LogP contribution in [0.4, 0.5) is 18.9 Å². The summed E-state index contributed by atoms with van der Waals surface area (Å²) in [4.78, 5) is 32.8. The van der Waals surface area contributed by atoms with E-state index in [1.807, 2.05) is 19.9 Å². The maximum absolute atomic E-state index is 13.1.